The van der Waals surface area contributed by atoms with Crippen LogP contribution in [0.1, 0.15) is 67.9 Å². The molecule has 1 saturated carbocycles. The molecule has 2 aromatic rings. The summed E-state index contributed by atoms with van der Waals surface area (Å²) >= 11 is 0. The van der Waals surface area contributed by atoms with E-state index in [0.29, 0.717) is 12.2 Å². The van der Waals surface area contributed by atoms with Gasteiger partial charge in [-0.2, -0.15) is 0 Å². The maximum atomic E-state index is 13.4. The lowest BCUT2D eigenvalue weighted by atomic mass is 10.0. The van der Waals surface area contributed by atoms with Crippen molar-refractivity contribution in [1.82, 2.24) is 19.0 Å². The van der Waals surface area contributed by atoms with Gasteiger partial charge in [-0.3, -0.25) is 18.7 Å². The molecule has 0 bridgehead atoms. The number of aryl methyl sites for hydroxylation is 1. The smallest absolute Gasteiger partial charge is 0.339 e. The molecule has 1 aliphatic heterocycles. The van der Waals surface area contributed by atoms with Gasteiger partial charge in [-0.1, -0.05) is 0 Å². The minimum Gasteiger partial charge on any atom is -0.462 e. The van der Waals surface area contributed by atoms with Crippen LogP contribution in [0, 0.1) is 0 Å². The number of likely N-dealkylation sites (tertiary alicyclic amines) is 1. The molecule has 1 aliphatic carbocycles. The molecule has 1 amide bonds. The molecule has 1 atom stereocenters. The molecule has 0 N–H and O–H groups in total. The van der Waals surface area contributed by atoms with Crippen molar-refractivity contribution in [2.24, 2.45) is 7.05 Å². The quantitative estimate of drug-likeness (QED) is 0.670. The fraction of sp³-hybridized carbons (Fsp3) is 0.591. The molecule has 1 unspecified atom stereocenters. The number of rotatable bonds is 5. The third kappa shape index (κ3) is 3.88. The first kappa shape index (κ1) is 21.3. The Morgan fingerprint density at radius 2 is 1.94 bits per heavy atom. The van der Waals surface area contributed by atoms with E-state index in [9.17, 15) is 19.2 Å². The van der Waals surface area contributed by atoms with Gasteiger partial charge in [-0.25, -0.2) is 14.6 Å². The summed E-state index contributed by atoms with van der Waals surface area (Å²) in [5.74, 6) is -0.682. The van der Waals surface area contributed by atoms with Crippen molar-refractivity contribution in [2.45, 2.75) is 64.5 Å². The highest BCUT2D eigenvalue weighted by atomic mass is 16.5. The fourth-order valence-electron chi connectivity index (χ4n) is 4.29. The third-order valence-corrected chi connectivity index (χ3v) is 6.22. The van der Waals surface area contributed by atoms with Crippen molar-refractivity contribution in [3.05, 3.63) is 38.2 Å². The number of ether oxygens (including phenoxy) is 1. The van der Waals surface area contributed by atoms with Crippen LogP contribution >= 0.6 is 0 Å². The zero-order valence-corrected chi connectivity index (χ0v) is 18.2. The molecular weight excluding hydrogens is 400 g/mol. The second-order valence-corrected chi connectivity index (χ2v) is 8.45. The number of hydrogen-bond acceptors (Lipinski definition) is 6. The summed E-state index contributed by atoms with van der Waals surface area (Å²) in [6.45, 7) is 4.07. The molecule has 4 rings (SSSR count). The predicted octanol–water partition coefficient (Wildman–Crippen LogP) is 1.55. The molecule has 2 aromatic heterocycles. The maximum absolute atomic E-state index is 13.4. The average molecular weight is 428 g/mol. The summed E-state index contributed by atoms with van der Waals surface area (Å²) in [4.78, 5) is 58.2. The van der Waals surface area contributed by atoms with Crippen molar-refractivity contribution in [3.8, 4) is 0 Å². The summed E-state index contributed by atoms with van der Waals surface area (Å²) in [7, 11) is 1.51. The van der Waals surface area contributed by atoms with E-state index in [0.717, 1.165) is 36.7 Å². The fourth-order valence-corrected chi connectivity index (χ4v) is 4.29. The van der Waals surface area contributed by atoms with Gasteiger partial charge in [0.2, 0.25) is 5.91 Å². The van der Waals surface area contributed by atoms with Crippen molar-refractivity contribution in [3.63, 3.8) is 0 Å². The van der Waals surface area contributed by atoms with E-state index in [1.54, 1.807) is 17.9 Å². The van der Waals surface area contributed by atoms with E-state index in [4.69, 9.17) is 4.74 Å². The highest BCUT2D eigenvalue weighted by molar-refractivity contribution is 6.02. The van der Waals surface area contributed by atoms with Crippen LogP contribution in [0.25, 0.3) is 11.0 Å². The minimum atomic E-state index is -0.686. The number of carbonyl (C=O) groups excluding carboxylic acids is 2. The number of carbonyl (C=O) groups is 2. The number of nitrogens with zero attached hydrogens (tertiary/aromatic N) is 4. The zero-order chi connectivity index (χ0) is 22.3. The van der Waals surface area contributed by atoms with Gasteiger partial charge in [0, 0.05) is 31.2 Å². The molecule has 9 nitrogen and oxygen atoms in total. The monoisotopic (exact) mass is 428 g/mol. The van der Waals surface area contributed by atoms with Gasteiger partial charge in [-0.15, -0.1) is 0 Å². The van der Waals surface area contributed by atoms with Crippen LogP contribution in [0.15, 0.2) is 15.7 Å². The Labute approximate surface area is 179 Å². The maximum Gasteiger partial charge on any atom is 0.339 e. The topological polar surface area (TPSA) is 104 Å². The number of amides is 1. The van der Waals surface area contributed by atoms with E-state index < -0.39 is 17.2 Å². The zero-order valence-electron chi connectivity index (χ0n) is 18.2. The van der Waals surface area contributed by atoms with Crippen LogP contribution in [-0.2, 0) is 23.1 Å². The molecule has 2 aliphatic rings. The molecule has 1 saturated heterocycles. The summed E-state index contributed by atoms with van der Waals surface area (Å²) in [5.41, 5.74) is -0.375. The van der Waals surface area contributed by atoms with Crippen LogP contribution in [0.3, 0.4) is 0 Å². The van der Waals surface area contributed by atoms with Gasteiger partial charge < -0.3 is 9.64 Å². The van der Waals surface area contributed by atoms with Gasteiger partial charge >= 0.3 is 11.7 Å². The number of piperidine rings is 1. The SMILES string of the molecule is CCOC(=O)c1cc(C2CC2)nc2c1c(=O)n(CC(=O)N1CCCCC1C)c(=O)n2C. The Balaban J connectivity index is 1.85. The van der Waals surface area contributed by atoms with Crippen molar-refractivity contribution in [2.75, 3.05) is 13.2 Å². The predicted molar refractivity (Wildman–Crippen MR) is 114 cm³/mol. The lowest BCUT2D eigenvalue weighted by Gasteiger charge is -2.33. The van der Waals surface area contributed by atoms with E-state index >= 15 is 0 Å². The summed E-state index contributed by atoms with van der Waals surface area (Å²) in [6.07, 6.45) is 4.77. The molecule has 2 fully saturated rings. The Hall–Kier alpha value is -2.97. The first-order valence-electron chi connectivity index (χ1n) is 10.9. The van der Waals surface area contributed by atoms with Crippen molar-refractivity contribution < 1.29 is 14.3 Å². The lowest BCUT2D eigenvalue weighted by Crippen LogP contribution is -2.48. The number of fused-ring (bicyclic) bond motifs is 1. The molecule has 0 spiro atoms. The van der Waals surface area contributed by atoms with E-state index in [2.05, 4.69) is 4.98 Å². The average Bonchev–Trinajstić information content (AvgIpc) is 3.60. The van der Waals surface area contributed by atoms with Crippen LogP contribution in [0.2, 0.25) is 0 Å². The van der Waals surface area contributed by atoms with Gasteiger partial charge in [0.05, 0.1) is 17.6 Å². The highest BCUT2D eigenvalue weighted by Gasteiger charge is 2.30. The normalized spacial score (nSPS) is 18.9. The second kappa shape index (κ2) is 8.28. The summed E-state index contributed by atoms with van der Waals surface area (Å²) in [6, 6.07) is 1.67. The largest absolute Gasteiger partial charge is 0.462 e. The van der Waals surface area contributed by atoms with Crippen LogP contribution in [-0.4, -0.2) is 50.1 Å². The molecular formula is C22H28N4O5. The Bertz CT molecular complexity index is 1160. The first-order valence-corrected chi connectivity index (χ1v) is 10.9. The Kier molecular flexibility index (Phi) is 5.68. The molecule has 31 heavy (non-hydrogen) atoms. The Morgan fingerprint density at radius 3 is 2.58 bits per heavy atom. The number of esters is 1. The van der Waals surface area contributed by atoms with Crippen molar-refractivity contribution >= 4 is 22.9 Å². The summed E-state index contributed by atoms with van der Waals surface area (Å²) < 4.78 is 7.33. The Morgan fingerprint density at radius 1 is 1.19 bits per heavy atom. The van der Waals surface area contributed by atoms with Crippen LogP contribution in [0.4, 0.5) is 0 Å². The van der Waals surface area contributed by atoms with Crippen molar-refractivity contribution in [1.29, 1.82) is 0 Å². The van der Waals surface area contributed by atoms with E-state index in [1.165, 1.54) is 11.6 Å². The molecule has 166 valence electrons. The number of aromatic nitrogens is 3. The first-order chi connectivity index (χ1) is 14.8. The lowest BCUT2D eigenvalue weighted by molar-refractivity contribution is -0.135. The van der Waals surface area contributed by atoms with Gasteiger partial charge in [0.15, 0.2) is 0 Å². The van der Waals surface area contributed by atoms with E-state index in [1.807, 2.05) is 6.92 Å². The number of pyridine rings is 1. The van der Waals surface area contributed by atoms with Gasteiger partial charge in [-0.05, 0) is 52.0 Å². The molecule has 0 aromatic carbocycles. The van der Waals surface area contributed by atoms with Gasteiger partial charge in [0.1, 0.15) is 12.2 Å². The summed E-state index contributed by atoms with van der Waals surface area (Å²) in [5, 5.41) is 0.0180. The van der Waals surface area contributed by atoms with Crippen LogP contribution in [0.5, 0.6) is 0 Å². The highest BCUT2D eigenvalue weighted by Crippen LogP contribution is 2.40. The molecule has 9 heteroatoms. The second-order valence-electron chi connectivity index (χ2n) is 8.45. The standard InChI is InChI=1S/C22H28N4O5/c1-4-31-21(29)15-11-16(14-8-9-14)23-19-18(15)20(28)26(22(30)24(19)3)12-17(27)25-10-6-5-7-13(25)2/h11,13-14H,4-10,12H2,1-3H3. The van der Waals surface area contributed by atoms with E-state index in [-0.39, 0.29) is 47.6 Å². The molecule has 3 heterocycles. The van der Waals surface area contributed by atoms with Gasteiger partial charge in [0.25, 0.3) is 5.56 Å². The molecule has 0 radical (unpaired) electrons. The minimum absolute atomic E-state index is 0.0180. The third-order valence-electron chi connectivity index (χ3n) is 6.22. The number of hydrogen-bond donors (Lipinski definition) is 0. The van der Waals surface area contributed by atoms with Crippen LogP contribution < -0.4 is 11.2 Å².